The number of carbonyl (C=O) groups excluding carboxylic acids is 1. The Morgan fingerprint density at radius 1 is 1.29 bits per heavy atom. The molecule has 2 aliphatic rings. The first-order chi connectivity index (χ1) is 7.76. The highest BCUT2D eigenvalue weighted by atomic mass is 19.4. The highest BCUT2D eigenvalue weighted by molar-refractivity contribution is 5.83. The molecule has 0 bridgehead atoms. The van der Waals surface area contributed by atoms with Gasteiger partial charge in [-0.15, -0.1) is 0 Å². The van der Waals surface area contributed by atoms with Gasteiger partial charge in [0.1, 0.15) is 0 Å². The Labute approximate surface area is 95.4 Å². The van der Waals surface area contributed by atoms with E-state index in [9.17, 15) is 22.8 Å². The summed E-state index contributed by atoms with van der Waals surface area (Å²) < 4.78 is 36.4. The summed E-state index contributed by atoms with van der Waals surface area (Å²) in [6, 6.07) is 0. The second-order valence-electron chi connectivity index (χ2n) is 4.80. The summed E-state index contributed by atoms with van der Waals surface area (Å²) in [5, 5.41) is 8.97. The lowest BCUT2D eigenvalue weighted by molar-refractivity contribution is -0.199. The van der Waals surface area contributed by atoms with Crippen molar-refractivity contribution in [1.82, 2.24) is 4.90 Å². The quantitative estimate of drug-likeness (QED) is 0.763. The molecule has 1 N–H and O–H groups in total. The molecule has 2 rings (SSSR count). The number of carboxylic acid groups (broad SMARTS) is 1. The third kappa shape index (κ3) is 1.87. The minimum Gasteiger partial charge on any atom is -0.481 e. The van der Waals surface area contributed by atoms with E-state index in [-0.39, 0.29) is 13.1 Å². The van der Waals surface area contributed by atoms with Crippen molar-refractivity contribution >= 4 is 11.9 Å². The molecule has 2 fully saturated rings. The van der Waals surface area contributed by atoms with Crippen LogP contribution in [0.4, 0.5) is 13.2 Å². The van der Waals surface area contributed by atoms with Crippen molar-refractivity contribution in [3.05, 3.63) is 0 Å². The summed E-state index contributed by atoms with van der Waals surface area (Å²) >= 11 is 0. The lowest BCUT2D eigenvalue weighted by Gasteiger charge is -2.50. The lowest BCUT2D eigenvalue weighted by atomic mass is 9.71. The van der Waals surface area contributed by atoms with Gasteiger partial charge in [-0.1, -0.05) is 6.42 Å². The van der Waals surface area contributed by atoms with Crippen molar-refractivity contribution in [2.45, 2.75) is 25.4 Å². The molecule has 0 aromatic heterocycles. The predicted octanol–water partition coefficient (Wildman–Crippen LogP) is 1.26. The third-order valence-corrected chi connectivity index (χ3v) is 3.75. The molecule has 0 radical (unpaired) electrons. The zero-order valence-corrected chi connectivity index (χ0v) is 8.96. The summed E-state index contributed by atoms with van der Waals surface area (Å²) in [4.78, 5) is 22.6. The predicted molar refractivity (Wildman–Crippen MR) is 50.0 cm³/mol. The molecular weight excluding hydrogens is 239 g/mol. The number of nitrogens with zero attached hydrogens (tertiary/aromatic N) is 1. The molecule has 1 aliphatic carbocycles. The van der Waals surface area contributed by atoms with Gasteiger partial charge in [0, 0.05) is 18.5 Å². The molecule has 1 amide bonds. The van der Waals surface area contributed by atoms with Gasteiger partial charge in [-0.05, 0) is 12.8 Å². The Kier molecular flexibility index (Phi) is 2.59. The van der Waals surface area contributed by atoms with Crippen LogP contribution in [-0.4, -0.2) is 41.1 Å². The second kappa shape index (κ2) is 3.61. The van der Waals surface area contributed by atoms with Crippen molar-refractivity contribution in [3.8, 4) is 0 Å². The van der Waals surface area contributed by atoms with Gasteiger partial charge in [0.05, 0.1) is 5.92 Å². The fourth-order valence-corrected chi connectivity index (χ4v) is 2.94. The van der Waals surface area contributed by atoms with Crippen LogP contribution < -0.4 is 0 Å². The summed E-state index contributed by atoms with van der Waals surface area (Å²) in [6.07, 6.45) is -3.08. The van der Waals surface area contributed by atoms with E-state index in [1.807, 2.05) is 0 Å². The number of rotatable bonds is 1. The van der Waals surface area contributed by atoms with Crippen LogP contribution in [0.5, 0.6) is 0 Å². The minimum atomic E-state index is -4.86. The van der Waals surface area contributed by atoms with Gasteiger partial charge in [-0.2, -0.15) is 13.2 Å². The molecule has 1 saturated carbocycles. The number of likely N-dealkylation sites (tertiary alicyclic amines) is 1. The van der Waals surface area contributed by atoms with Crippen LogP contribution in [0.1, 0.15) is 19.3 Å². The molecule has 1 spiro atoms. The third-order valence-electron chi connectivity index (χ3n) is 3.75. The molecule has 7 heteroatoms. The first-order valence-electron chi connectivity index (χ1n) is 5.35. The topological polar surface area (TPSA) is 57.6 Å². The highest BCUT2D eigenvalue weighted by Gasteiger charge is 2.58. The van der Waals surface area contributed by atoms with Gasteiger partial charge in [-0.3, -0.25) is 9.59 Å². The number of hydrogen-bond acceptors (Lipinski definition) is 2. The van der Waals surface area contributed by atoms with Crippen LogP contribution >= 0.6 is 0 Å². The van der Waals surface area contributed by atoms with E-state index in [0.717, 1.165) is 0 Å². The van der Waals surface area contributed by atoms with E-state index in [1.165, 1.54) is 0 Å². The van der Waals surface area contributed by atoms with Gasteiger partial charge in [0.25, 0.3) is 0 Å². The SMILES string of the molecule is O=C(O)C1CCCC12CN(C(=O)C(F)(F)F)C2. The Morgan fingerprint density at radius 3 is 2.35 bits per heavy atom. The second-order valence-corrected chi connectivity index (χ2v) is 4.80. The smallest absolute Gasteiger partial charge is 0.471 e. The monoisotopic (exact) mass is 251 g/mol. The summed E-state index contributed by atoms with van der Waals surface area (Å²) in [5.74, 6) is -3.44. The molecule has 0 aromatic carbocycles. The molecule has 1 aliphatic heterocycles. The van der Waals surface area contributed by atoms with E-state index >= 15 is 0 Å². The number of carboxylic acids is 1. The molecule has 1 heterocycles. The lowest BCUT2D eigenvalue weighted by Crippen LogP contribution is -2.63. The fraction of sp³-hybridized carbons (Fsp3) is 0.800. The largest absolute Gasteiger partial charge is 0.481 e. The number of halogens is 3. The van der Waals surface area contributed by atoms with Gasteiger partial charge < -0.3 is 10.0 Å². The molecule has 0 aromatic rings. The van der Waals surface area contributed by atoms with Crippen molar-refractivity contribution in [2.24, 2.45) is 11.3 Å². The zero-order chi connectivity index (χ0) is 12.8. The van der Waals surface area contributed by atoms with Crippen LogP contribution in [0.25, 0.3) is 0 Å². The molecule has 1 atom stereocenters. The molecule has 1 saturated heterocycles. The molecule has 96 valence electrons. The van der Waals surface area contributed by atoms with Gasteiger partial charge >= 0.3 is 18.1 Å². The van der Waals surface area contributed by atoms with Crippen LogP contribution in [0.3, 0.4) is 0 Å². The maximum absolute atomic E-state index is 12.1. The highest BCUT2D eigenvalue weighted by Crippen LogP contribution is 2.50. The van der Waals surface area contributed by atoms with E-state index < -0.39 is 29.4 Å². The maximum atomic E-state index is 12.1. The zero-order valence-electron chi connectivity index (χ0n) is 8.96. The number of aliphatic carboxylic acids is 1. The number of carbonyl (C=O) groups is 2. The Morgan fingerprint density at radius 2 is 1.88 bits per heavy atom. The number of hydrogen-bond donors (Lipinski definition) is 1. The molecule has 1 unspecified atom stereocenters. The Bertz CT molecular complexity index is 360. The molecular formula is C10H12F3NO3. The van der Waals surface area contributed by atoms with Crippen molar-refractivity contribution in [1.29, 1.82) is 0 Å². The number of amides is 1. The summed E-state index contributed by atoms with van der Waals surface area (Å²) in [6.45, 7) is -0.162. The Hall–Kier alpha value is -1.27. The van der Waals surface area contributed by atoms with E-state index in [0.29, 0.717) is 24.2 Å². The molecule has 4 nitrogen and oxygen atoms in total. The van der Waals surface area contributed by atoms with Crippen molar-refractivity contribution < 1.29 is 27.9 Å². The van der Waals surface area contributed by atoms with Gasteiger partial charge in [0.2, 0.25) is 0 Å². The van der Waals surface area contributed by atoms with E-state index in [2.05, 4.69) is 0 Å². The summed E-state index contributed by atoms with van der Waals surface area (Å²) in [7, 11) is 0. The van der Waals surface area contributed by atoms with E-state index in [1.54, 1.807) is 0 Å². The average molecular weight is 251 g/mol. The first-order valence-corrected chi connectivity index (χ1v) is 5.35. The van der Waals surface area contributed by atoms with Crippen molar-refractivity contribution in [2.75, 3.05) is 13.1 Å². The first kappa shape index (κ1) is 12.2. The van der Waals surface area contributed by atoms with Crippen LogP contribution in [0.15, 0.2) is 0 Å². The normalized spacial score (nSPS) is 27.0. The number of alkyl halides is 3. The average Bonchev–Trinajstić information content (AvgIpc) is 2.56. The fourth-order valence-electron chi connectivity index (χ4n) is 2.94. The van der Waals surface area contributed by atoms with Gasteiger partial charge in [-0.25, -0.2) is 0 Å². The Balaban J connectivity index is 2.02. The van der Waals surface area contributed by atoms with Crippen LogP contribution in [-0.2, 0) is 9.59 Å². The van der Waals surface area contributed by atoms with Crippen LogP contribution in [0.2, 0.25) is 0 Å². The standard InChI is InChI=1S/C10H12F3NO3/c11-10(12,13)8(17)14-4-9(5-14)3-1-2-6(9)7(15)16/h6H,1-5H2,(H,15,16). The van der Waals surface area contributed by atoms with E-state index in [4.69, 9.17) is 5.11 Å². The van der Waals surface area contributed by atoms with Crippen molar-refractivity contribution in [3.63, 3.8) is 0 Å². The maximum Gasteiger partial charge on any atom is 0.471 e. The van der Waals surface area contributed by atoms with Crippen LogP contribution in [0, 0.1) is 11.3 Å². The molecule has 17 heavy (non-hydrogen) atoms. The summed E-state index contributed by atoms with van der Waals surface area (Å²) in [5.41, 5.74) is -0.618. The van der Waals surface area contributed by atoms with Gasteiger partial charge in [0.15, 0.2) is 0 Å². The minimum absolute atomic E-state index is 0.0810.